The highest BCUT2D eigenvalue weighted by molar-refractivity contribution is 6.29. The van der Waals surface area contributed by atoms with Crippen LogP contribution in [0.3, 0.4) is 0 Å². The summed E-state index contributed by atoms with van der Waals surface area (Å²) in [7, 11) is 0. The summed E-state index contributed by atoms with van der Waals surface area (Å²) in [4.78, 5) is 14.6. The van der Waals surface area contributed by atoms with E-state index >= 15 is 0 Å². The summed E-state index contributed by atoms with van der Waals surface area (Å²) in [6, 6.07) is 3.71. The van der Waals surface area contributed by atoms with Crippen LogP contribution in [0.1, 0.15) is 55.4 Å². The van der Waals surface area contributed by atoms with Gasteiger partial charge in [0.15, 0.2) is 10.8 Å². The van der Waals surface area contributed by atoms with Gasteiger partial charge in [-0.1, -0.05) is 30.9 Å². The molecule has 1 unspecified atom stereocenters. The third-order valence-electron chi connectivity index (χ3n) is 4.61. The molecule has 1 saturated carbocycles. The number of aromatic nitrogens is 2. The minimum atomic E-state index is 0.0160. The number of nitrogens with zero attached hydrogens (tertiary/aromatic N) is 3. The van der Waals surface area contributed by atoms with E-state index in [1.807, 2.05) is 4.90 Å². The number of carbonyl (C=O) groups excluding carboxylic acids is 1. The normalized spacial score (nSPS) is 24.1. The topological polar surface area (TPSA) is 46.1 Å². The Kier molecular flexibility index (Phi) is 4.20. The van der Waals surface area contributed by atoms with Crippen LogP contribution in [0.2, 0.25) is 5.15 Å². The maximum Gasteiger partial charge on any atom is 0.274 e. The zero-order chi connectivity index (χ0) is 13.9. The minimum Gasteiger partial charge on any atom is -0.334 e. The van der Waals surface area contributed by atoms with Gasteiger partial charge in [-0.25, -0.2) is 0 Å². The first-order chi connectivity index (χ1) is 9.75. The predicted molar refractivity (Wildman–Crippen MR) is 77.7 cm³/mol. The molecule has 4 nitrogen and oxygen atoms in total. The van der Waals surface area contributed by atoms with Gasteiger partial charge in [0.25, 0.3) is 5.91 Å². The van der Waals surface area contributed by atoms with Crippen molar-refractivity contribution in [3.05, 3.63) is 23.0 Å². The smallest absolute Gasteiger partial charge is 0.274 e. The van der Waals surface area contributed by atoms with Gasteiger partial charge >= 0.3 is 0 Å². The van der Waals surface area contributed by atoms with Gasteiger partial charge in [-0.2, -0.15) is 0 Å². The zero-order valence-electron chi connectivity index (χ0n) is 11.6. The van der Waals surface area contributed by atoms with Crippen LogP contribution in [0.4, 0.5) is 0 Å². The lowest BCUT2D eigenvalue weighted by Crippen LogP contribution is -2.41. The second kappa shape index (κ2) is 6.08. The highest BCUT2D eigenvalue weighted by Gasteiger charge is 2.35. The van der Waals surface area contributed by atoms with Crippen LogP contribution < -0.4 is 0 Å². The quantitative estimate of drug-likeness (QED) is 0.840. The lowest BCUT2D eigenvalue weighted by molar-refractivity contribution is 0.0654. The molecule has 1 aliphatic carbocycles. The summed E-state index contributed by atoms with van der Waals surface area (Å²) in [5, 5.41) is 8.03. The minimum absolute atomic E-state index is 0.0160. The SMILES string of the molecule is O=C(c1ccc(Cl)nn1)N1CCCC1C1CCCCC1. The fourth-order valence-electron chi connectivity index (χ4n) is 3.63. The molecule has 1 atom stereocenters. The standard InChI is InChI=1S/C15H20ClN3O/c16-14-9-8-12(17-18-14)15(20)19-10-4-7-13(19)11-5-2-1-3-6-11/h8-9,11,13H,1-7,10H2. The molecule has 1 aliphatic heterocycles. The van der Waals surface area contributed by atoms with Gasteiger partial charge in [-0.3, -0.25) is 4.79 Å². The first kappa shape index (κ1) is 13.8. The molecule has 0 N–H and O–H groups in total. The molecule has 1 amide bonds. The Morgan fingerprint density at radius 1 is 1.10 bits per heavy atom. The van der Waals surface area contributed by atoms with Crippen molar-refractivity contribution >= 4 is 17.5 Å². The van der Waals surface area contributed by atoms with Crippen molar-refractivity contribution < 1.29 is 4.79 Å². The second-order valence-corrected chi connectivity index (χ2v) is 6.23. The Morgan fingerprint density at radius 3 is 2.60 bits per heavy atom. The average molecular weight is 294 g/mol. The van der Waals surface area contributed by atoms with Crippen LogP contribution in [0, 0.1) is 5.92 Å². The highest BCUT2D eigenvalue weighted by atomic mass is 35.5. The van der Waals surface area contributed by atoms with E-state index in [1.165, 1.54) is 32.1 Å². The lowest BCUT2D eigenvalue weighted by atomic mass is 9.83. The molecular weight excluding hydrogens is 274 g/mol. The Labute approximate surface area is 124 Å². The summed E-state index contributed by atoms with van der Waals surface area (Å²) >= 11 is 5.73. The molecule has 0 aromatic carbocycles. The zero-order valence-corrected chi connectivity index (χ0v) is 12.4. The number of amides is 1. The summed E-state index contributed by atoms with van der Waals surface area (Å²) < 4.78 is 0. The molecular formula is C15H20ClN3O. The van der Waals surface area contributed by atoms with Gasteiger partial charge in [0.05, 0.1) is 0 Å². The van der Waals surface area contributed by atoms with Crippen molar-refractivity contribution in [3.63, 3.8) is 0 Å². The molecule has 1 aromatic rings. The molecule has 20 heavy (non-hydrogen) atoms. The molecule has 3 rings (SSSR count). The van der Waals surface area contributed by atoms with Crippen molar-refractivity contribution in [1.29, 1.82) is 0 Å². The Hall–Kier alpha value is -1.16. The van der Waals surface area contributed by atoms with Crippen LogP contribution in [-0.2, 0) is 0 Å². The van der Waals surface area contributed by atoms with Crippen LogP contribution in [-0.4, -0.2) is 33.6 Å². The van der Waals surface area contributed by atoms with Gasteiger partial charge in [-0.05, 0) is 43.7 Å². The number of rotatable bonds is 2. The van der Waals surface area contributed by atoms with E-state index in [4.69, 9.17) is 11.6 Å². The second-order valence-electron chi connectivity index (χ2n) is 5.85. The number of halogens is 1. The molecule has 5 heteroatoms. The molecule has 0 radical (unpaired) electrons. The average Bonchev–Trinajstić information content (AvgIpc) is 2.97. The summed E-state index contributed by atoms with van der Waals surface area (Å²) in [6.07, 6.45) is 8.74. The molecule has 1 aromatic heterocycles. The first-order valence-electron chi connectivity index (χ1n) is 7.56. The molecule has 108 valence electrons. The molecule has 2 aliphatic rings. The Balaban J connectivity index is 1.74. The van der Waals surface area contributed by atoms with Crippen molar-refractivity contribution in [1.82, 2.24) is 15.1 Å². The maximum absolute atomic E-state index is 12.6. The Morgan fingerprint density at radius 2 is 1.90 bits per heavy atom. The maximum atomic E-state index is 12.6. The van der Waals surface area contributed by atoms with Crippen molar-refractivity contribution in [2.45, 2.75) is 51.0 Å². The molecule has 2 heterocycles. The highest BCUT2D eigenvalue weighted by Crippen LogP contribution is 2.34. The monoisotopic (exact) mass is 293 g/mol. The van der Waals surface area contributed by atoms with E-state index < -0.39 is 0 Å². The van der Waals surface area contributed by atoms with E-state index in [2.05, 4.69) is 10.2 Å². The van der Waals surface area contributed by atoms with E-state index in [1.54, 1.807) is 12.1 Å². The van der Waals surface area contributed by atoms with Gasteiger partial charge in [0.2, 0.25) is 0 Å². The largest absolute Gasteiger partial charge is 0.334 e. The van der Waals surface area contributed by atoms with Gasteiger partial charge < -0.3 is 4.90 Å². The van der Waals surface area contributed by atoms with E-state index in [0.717, 1.165) is 19.4 Å². The van der Waals surface area contributed by atoms with Crippen LogP contribution in [0.5, 0.6) is 0 Å². The van der Waals surface area contributed by atoms with Crippen molar-refractivity contribution in [2.24, 2.45) is 5.92 Å². The first-order valence-corrected chi connectivity index (χ1v) is 7.94. The molecule has 0 spiro atoms. The number of carbonyl (C=O) groups is 1. The van der Waals surface area contributed by atoms with Crippen LogP contribution >= 0.6 is 11.6 Å². The van der Waals surface area contributed by atoms with E-state index in [0.29, 0.717) is 22.8 Å². The van der Waals surface area contributed by atoms with Gasteiger partial charge in [0, 0.05) is 12.6 Å². The summed E-state index contributed by atoms with van der Waals surface area (Å²) in [5.41, 5.74) is 0.414. The molecule has 1 saturated heterocycles. The van der Waals surface area contributed by atoms with Crippen LogP contribution in [0.25, 0.3) is 0 Å². The lowest BCUT2D eigenvalue weighted by Gasteiger charge is -2.33. The number of hydrogen-bond acceptors (Lipinski definition) is 3. The third-order valence-corrected chi connectivity index (χ3v) is 4.81. The van der Waals surface area contributed by atoms with Crippen molar-refractivity contribution in [2.75, 3.05) is 6.54 Å². The number of hydrogen-bond donors (Lipinski definition) is 0. The Bertz CT molecular complexity index is 471. The van der Waals surface area contributed by atoms with Gasteiger partial charge in [-0.15, -0.1) is 10.2 Å². The summed E-state index contributed by atoms with van der Waals surface area (Å²) in [5.74, 6) is 0.692. The van der Waals surface area contributed by atoms with E-state index in [-0.39, 0.29) is 5.91 Å². The molecule has 0 bridgehead atoms. The summed E-state index contributed by atoms with van der Waals surface area (Å²) in [6.45, 7) is 0.851. The fraction of sp³-hybridized carbons (Fsp3) is 0.667. The van der Waals surface area contributed by atoms with E-state index in [9.17, 15) is 4.79 Å². The van der Waals surface area contributed by atoms with Gasteiger partial charge in [0.1, 0.15) is 0 Å². The third kappa shape index (κ3) is 2.80. The fourth-order valence-corrected chi connectivity index (χ4v) is 3.73. The van der Waals surface area contributed by atoms with Crippen LogP contribution in [0.15, 0.2) is 12.1 Å². The van der Waals surface area contributed by atoms with Crippen molar-refractivity contribution in [3.8, 4) is 0 Å². The molecule has 2 fully saturated rings. The number of likely N-dealkylation sites (tertiary alicyclic amines) is 1. The predicted octanol–water partition coefficient (Wildman–Crippen LogP) is 3.31.